The number of carbonyl (C=O) groups excluding carboxylic acids is 1. The van der Waals surface area contributed by atoms with Crippen LogP contribution in [0.3, 0.4) is 0 Å². The number of hydrogen-bond acceptors (Lipinski definition) is 4. The topological polar surface area (TPSA) is 72.2 Å². The van der Waals surface area contributed by atoms with E-state index in [4.69, 9.17) is 11.6 Å². The van der Waals surface area contributed by atoms with E-state index in [1.807, 2.05) is 0 Å². The number of carbonyl (C=O) groups is 1. The van der Waals surface area contributed by atoms with Crippen LogP contribution in [0, 0.1) is 22.9 Å². The Morgan fingerprint density at radius 2 is 2.05 bits per heavy atom. The van der Waals surface area contributed by atoms with Crippen LogP contribution in [0.5, 0.6) is 0 Å². The molecule has 0 aromatic heterocycles. The molecule has 114 valence electrons. The van der Waals surface area contributed by atoms with E-state index >= 15 is 0 Å². The van der Waals surface area contributed by atoms with Gasteiger partial charge < -0.3 is 5.32 Å². The quantitative estimate of drug-likeness (QED) is 0.513. The van der Waals surface area contributed by atoms with Crippen LogP contribution in [0.4, 0.5) is 15.8 Å². The third kappa shape index (κ3) is 3.59. The summed E-state index contributed by atoms with van der Waals surface area (Å²) in [6.07, 6.45) is 0. The fourth-order valence-electron chi connectivity index (χ4n) is 1.80. The van der Waals surface area contributed by atoms with Gasteiger partial charge in [-0.25, -0.2) is 4.39 Å². The molecule has 0 aliphatic rings. The second kappa shape index (κ2) is 6.53. The van der Waals surface area contributed by atoms with Gasteiger partial charge in [-0.05, 0) is 24.6 Å². The Morgan fingerprint density at radius 3 is 2.64 bits per heavy atom. The maximum atomic E-state index is 13.4. The predicted octanol–water partition coefficient (Wildman–Crippen LogP) is 3.99. The normalized spacial score (nSPS) is 10.3. The van der Waals surface area contributed by atoms with Gasteiger partial charge in [0.2, 0.25) is 0 Å². The molecule has 0 saturated heterocycles. The zero-order valence-electron chi connectivity index (χ0n) is 11.6. The van der Waals surface area contributed by atoms with Gasteiger partial charge in [0.1, 0.15) is 5.82 Å². The molecule has 22 heavy (non-hydrogen) atoms. The number of non-ortho nitro benzene ring substituents is 1. The molecule has 2 rings (SSSR count). The van der Waals surface area contributed by atoms with Crippen molar-refractivity contribution in [1.82, 2.24) is 0 Å². The molecule has 0 aliphatic heterocycles. The lowest BCUT2D eigenvalue weighted by atomic mass is 10.1. The van der Waals surface area contributed by atoms with Crippen molar-refractivity contribution in [3.8, 4) is 0 Å². The first-order chi connectivity index (χ1) is 10.4. The Hall–Kier alpha value is -2.47. The lowest BCUT2D eigenvalue weighted by Crippen LogP contribution is -2.14. The summed E-state index contributed by atoms with van der Waals surface area (Å²) in [5.41, 5.74) is 0.965. The molecule has 7 heteroatoms. The van der Waals surface area contributed by atoms with Crippen molar-refractivity contribution in [2.24, 2.45) is 0 Å². The van der Waals surface area contributed by atoms with Crippen LogP contribution in [0.15, 0.2) is 36.4 Å². The van der Waals surface area contributed by atoms with Crippen LogP contribution in [0.1, 0.15) is 15.9 Å². The molecule has 1 N–H and O–H groups in total. The highest BCUT2D eigenvalue weighted by atomic mass is 35.5. The van der Waals surface area contributed by atoms with Crippen LogP contribution in [-0.2, 0) is 0 Å². The van der Waals surface area contributed by atoms with Gasteiger partial charge in [-0.3, -0.25) is 14.9 Å². The number of nitrogens with one attached hydrogen (secondary N) is 1. The van der Waals surface area contributed by atoms with Crippen molar-refractivity contribution in [2.75, 3.05) is 11.9 Å². The van der Waals surface area contributed by atoms with E-state index in [-0.39, 0.29) is 28.6 Å². The lowest BCUT2D eigenvalue weighted by Gasteiger charge is -2.08. The Bertz CT molecular complexity index is 750. The van der Waals surface area contributed by atoms with Gasteiger partial charge in [0.15, 0.2) is 5.78 Å². The number of nitro benzene ring substituents is 1. The van der Waals surface area contributed by atoms with E-state index in [1.165, 1.54) is 30.3 Å². The van der Waals surface area contributed by atoms with Crippen molar-refractivity contribution >= 4 is 28.8 Å². The summed E-state index contributed by atoms with van der Waals surface area (Å²) >= 11 is 5.91. The highest BCUT2D eigenvalue weighted by Gasteiger charge is 2.12. The minimum atomic E-state index is -0.560. The zero-order valence-corrected chi connectivity index (χ0v) is 12.4. The molecule has 0 radical (unpaired) electrons. The number of nitro groups is 1. The van der Waals surface area contributed by atoms with Gasteiger partial charge in [0.05, 0.1) is 22.2 Å². The van der Waals surface area contributed by atoms with E-state index < -0.39 is 10.7 Å². The third-order valence-corrected chi connectivity index (χ3v) is 3.41. The molecule has 5 nitrogen and oxygen atoms in total. The van der Waals surface area contributed by atoms with Crippen LogP contribution in [0.25, 0.3) is 0 Å². The minimum absolute atomic E-state index is 0.0972. The number of nitrogens with zero attached hydrogens (tertiary/aromatic N) is 1. The Labute approximate surface area is 130 Å². The van der Waals surface area contributed by atoms with Gasteiger partial charge in [-0.15, -0.1) is 0 Å². The molecule has 0 spiro atoms. The van der Waals surface area contributed by atoms with E-state index in [0.717, 1.165) is 0 Å². The number of benzene rings is 2. The number of rotatable bonds is 5. The molecule has 0 amide bonds. The van der Waals surface area contributed by atoms with E-state index in [1.54, 1.807) is 13.0 Å². The van der Waals surface area contributed by atoms with Crippen LogP contribution in [0.2, 0.25) is 5.02 Å². The number of aryl methyl sites for hydroxylation is 1. The van der Waals surface area contributed by atoms with E-state index in [2.05, 4.69) is 5.32 Å². The second-order valence-electron chi connectivity index (χ2n) is 4.66. The van der Waals surface area contributed by atoms with Gasteiger partial charge >= 0.3 is 0 Å². The molecule has 2 aromatic carbocycles. The van der Waals surface area contributed by atoms with Crippen LogP contribution in [-0.4, -0.2) is 17.3 Å². The first kappa shape index (κ1) is 15.9. The van der Waals surface area contributed by atoms with E-state index in [0.29, 0.717) is 11.3 Å². The Morgan fingerprint density at radius 1 is 1.32 bits per heavy atom. The zero-order chi connectivity index (χ0) is 16.3. The molecule has 0 atom stereocenters. The predicted molar refractivity (Wildman–Crippen MR) is 82.1 cm³/mol. The molecule has 0 saturated carbocycles. The van der Waals surface area contributed by atoms with Crippen molar-refractivity contribution < 1.29 is 14.1 Å². The fraction of sp³-hybridized carbons (Fsp3) is 0.133. The number of Topliss-reactive ketones (excluding diaryl/α,β-unsaturated/α-hetero) is 1. The van der Waals surface area contributed by atoms with Gasteiger partial charge in [-0.1, -0.05) is 23.7 Å². The Balaban J connectivity index is 2.07. The summed E-state index contributed by atoms with van der Waals surface area (Å²) in [7, 11) is 0. The highest BCUT2D eigenvalue weighted by Crippen LogP contribution is 2.26. The van der Waals surface area contributed by atoms with Gasteiger partial charge in [0.25, 0.3) is 5.69 Å². The number of ketones is 1. The van der Waals surface area contributed by atoms with Gasteiger partial charge in [-0.2, -0.15) is 0 Å². The molecular weight excluding hydrogens is 311 g/mol. The van der Waals surface area contributed by atoms with E-state index in [9.17, 15) is 19.3 Å². The first-order valence-corrected chi connectivity index (χ1v) is 6.73. The average molecular weight is 323 g/mol. The number of anilines is 1. The standard InChI is InChI=1S/C15H12ClFN2O3/c1-9-2-3-10(6-13(9)17)15(20)8-18-14-5-4-11(19(21)22)7-12(14)16/h2-7,18H,8H2,1H3. The maximum absolute atomic E-state index is 13.4. The van der Waals surface area contributed by atoms with Crippen molar-refractivity contribution in [1.29, 1.82) is 0 Å². The van der Waals surface area contributed by atoms with Crippen LogP contribution >= 0.6 is 11.6 Å². The van der Waals surface area contributed by atoms with Crippen molar-refractivity contribution in [2.45, 2.75) is 6.92 Å². The summed E-state index contributed by atoms with van der Waals surface area (Å²) in [5, 5.41) is 13.5. The molecule has 0 heterocycles. The summed E-state index contributed by atoms with van der Waals surface area (Å²) in [4.78, 5) is 22.0. The molecule has 0 fully saturated rings. The lowest BCUT2D eigenvalue weighted by molar-refractivity contribution is -0.384. The first-order valence-electron chi connectivity index (χ1n) is 6.35. The third-order valence-electron chi connectivity index (χ3n) is 3.10. The summed E-state index contributed by atoms with van der Waals surface area (Å²) in [6.45, 7) is 1.51. The van der Waals surface area contributed by atoms with Crippen LogP contribution < -0.4 is 5.32 Å². The van der Waals surface area contributed by atoms with Crippen molar-refractivity contribution in [3.63, 3.8) is 0 Å². The van der Waals surface area contributed by atoms with Crippen molar-refractivity contribution in [3.05, 3.63) is 68.5 Å². The second-order valence-corrected chi connectivity index (χ2v) is 5.07. The molecule has 0 unspecified atom stereocenters. The molecule has 0 aliphatic carbocycles. The summed E-state index contributed by atoms with van der Waals surface area (Å²) < 4.78 is 13.4. The molecule has 0 bridgehead atoms. The maximum Gasteiger partial charge on any atom is 0.271 e. The minimum Gasteiger partial charge on any atom is -0.376 e. The number of halogens is 2. The fourth-order valence-corrected chi connectivity index (χ4v) is 2.05. The molecule has 2 aromatic rings. The smallest absolute Gasteiger partial charge is 0.271 e. The monoisotopic (exact) mass is 322 g/mol. The largest absolute Gasteiger partial charge is 0.376 e. The summed E-state index contributed by atoms with van der Waals surface area (Å²) in [5.74, 6) is -0.757. The highest BCUT2D eigenvalue weighted by molar-refractivity contribution is 6.33. The molecular formula is C15H12ClFN2O3. The van der Waals surface area contributed by atoms with Gasteiger partial charge in [0, 0.05) is 17.7 Å². The summed E-state index contributed by atoms with van der Waals surface area (Å²) in [6, 6.07) is 8.14. The average Bonchev–Trinajstić information content (AvgIpc) is 2.48. The Kier molecular flexibility index (Phi) is 4.72. The number of hydrogen-bond donors (Lipinski definition) is 1. The SMILES string of the molecule is Cc1ccc(C(=O)CNc2ccc([N+](=O)[O-])cc2Cl)cc1F.